The van der Waals surface area contributed by atoms with Crippen molar-refractivity contribution in [2.24, 2.45) is 11.8 Å². The normalized spacial score (nSPS) is 30.2. The zero-order valence-corrected chi connectivity index (χ0v) is 11.4. The van der Waals surface area contributed by atoms with Crippen LogP contribution in [0.4, 0.5) is 11.4 Å². The van der Waals surface area contributed by atoms with Gasteiger partial charge in [0.2, 0.25) is 0 Å². The number of fused-ring (bicyclic) bond motifs is 2. The Morgan fingerprint density at radius 3 is 3.05 bits per heavy atom. The monoisotopic (exact) mass is 275 g/mol. The SMILES string of the molecule is Nc1c(N2CC3CCC(O)C3C2)ccc2scnc12. The molecule has 4 rings (SSSR count). The maximum absolute atomic E-state index is 10.0. The van der Waals surface area contributed by atoms with Gasteiger partial charge in [0.25, 0.3) is 0 Å². The predicted octanol–water partition coefficient (Wildman–Crippen LogP) is 2.09. The van der Waals surface area contributed by atoms with Crippen molar-refractivity contribution in [3.05, 3.63) is 17.6 Å². The summed E-state index contributed by atoms with van der Waals surface area (Å²) in [6, 6.07) is 4.20. The van der Waals surface area contributed by atoms with E-state index < -0.39 is 0 Å². The van der Waals surface area contributed by atoms with Crippen LogP contribution in [0.25, 0.3) is 10.2 Å². The van der Waals surface area contributed by atoms with E-state index in [-0.39, 0.29) is 6.10 Å². The molecule has 1 aromatic heterocycles. The first-order valence-corrected chi connectivity index (χ1v) is 7.66. The predicted molar refractivity (Wildman–Crippen MR) is 78.5 cm³/mol. The summed E-state index contributed by atoms with van der Waals surface area (Å²) in [5.74, 6) is 1.05. The third-order valence-electron chi connectivity index (χ3n) is 4.68. The van der Waals surface area contributed by atoms with Crippen LogP contribution >= 0.6 is 11.3 Å². The van der Waals surface area contributed by atoms with E-state index in [9.17, 15) is 5.11 Å². The highest BCUT2D eigenvalue weighted by Gasteiger charge is 2.42. The second kappa shape index (κ2) is 4.08. The number of rotatable bonds is 1. The average molecular weight is 275 g/mol. The summed E-state index contributed by atoms with van der Waals surface area (Å²) in [5, 5.41) is 10.0. The first-order valence-electron chi connectivity index (χ1n) is 6.78. The van der Waals surface area contributed by atoms with Crippen LogP contribution in [-0.4, -0.2) is 29.3 Å². The Hall–Kier alpha value is -1.33. The Kier molecular flexibility index (Phi) is 2.47. The topological polar surface area (TPSA) is 62.4 Å². The quantitative estimate of drug-likeness (QED) is 0.782. The Labute approximate surface area is 115 Å². The van der Waals surface area contributed by atoms with E-state index in [4.69, 9.17) is 5.73 Å². The summed E-state index contributed by atoms with van der Waals surface area (Å²) >= 11 is 1.62. The van der Waals surface area contributed by atoms with Crippen molar-refractivity contribution < 1.29 is 5.11 Å². The van der Waals surface area contributed by atoms with Gasteiger partial charge in [0, 0.05) is 19.0 Å². The van der Waals surface area contributed by atoms with Crippen LogP contribution < -0.4 is 10.6 Å². The number of hydrogen-bond acceptors (Lipinski definition) is 5. The van der Waals surface area contributed by atoms with Crippen LogP contribution in [0.2, 0.25) is 0 Å². The number of thiazole rings is 1. The lowest BCUT2D eigenvalue weighted by molar-refractivity contribution is 0.133. The number of anilines is 2. The first-order chi connectivity index (χ1) is 9.24. The molecule has 1 aromatic carbocycles. The van der Waals surface area contributed by atoms with Crippen molar-refractivity contribution in [3.8, 4) is 0 Å². The molecule has 4 nitrogen and oxygen atoms in total. The maximum atomic E-state index is 10.0. The van der Waals surface area contributed by atoms with Crippen LogP contribution in [0, 0.1) is 11.8 Å². The van der Waals surface area contributed by atoms with Crippen LogP contribution in [0.1, 0.15) is 12.8 Å². The van der Waals surface area contributed by atoms with Gasteiger partial charge in [0.15, 0.2) is 0 Å². The molecule has 2 fully saturated rings. The van der Waals surface area contributed by atoms with Gasteiger partial charge in [-0.15, -0.1) is 11.3 Å². The van der Waals surface area contributed by atoms with Crippen molar-refractivity contribution >= 4 is 32.9 Å². The molecule has 0 bridgehead atoms. The number of nitrogens with two attached hydrogens (primary N) is 1. The van der Waals surface area contributed by atoms with Crippen LogP contribution in [0.3, 0.4) is 0 Å². The molecule has 1 saturated carbocycles. The van der Waals surface area contributed by atoms with Gasteiger partial charge >= 0.3 is 0 Å². The van der Waals surface area contributed by atoms with Crippen molar-refractivity contribution in [2.75, 3.05) is 23.7 Å². The third-order valence-corrected chi connectivity index (χ3v) is 5.47. The Balaban J connectivity index is 1.70. The Morgan fingerprint density at radius 2 is 2.21 bits per heavy atom. The standard InChI is InChI=1S/C14H17N3OS/c15-13-10(2-4-12-14(13)16-7-19-12)17-5-8-1-3-11(18)9(8)6-17/h2,4,7-9,11,18H,1,3,5-6,15H2. The van der Waals surface area contributed by atoms with E-state index in [2.05, 4.69) is 22.0 Å². The highest BCUT2D eigenvalue weighted by molar-refractivity contribution is 7.16. The lowest BCUT2D eigenvalue weighted by Gasteiger charge is -2.22. The molecule has 2 aliphatic rings. The van der Waals surface area contributed by atoms with E-state index >= 15 is 0 Å². The van der Waals surface area contributed by atoms with Gasteiger partial charge in [-0.3, -0.25) is 0 Å². The van der Waals surface area contributed by atoms with E-state index in [0.717, 1.165) is 47.5 Å². The van der Waals surface area contributed by atoms with Gasteiger partial charge < -0.3 is 15.7 Å². The molecule has 100 valence electrons. The minimum Gasteiger partial charge on any atom is -0.395 e. The van der Waals surface area contributed by atoms with Crippen molar-refractivity contribution in [1.29, 1.82) is 0 Å². The summed E-state index contributed by atoms with van der Waals surface area (Å²) in [4.78, 5) is 6.68. The summed E-state index contributed by atoms with van der Waals surface area (Å²) in [6.07, 6.45) is 1.98. The van der Waals surface area contributed by atoms with Gasteiger partial charge in [-0.25, -0.2) is 4.98 Å². The largest absolute Gasteiger partial charge is 0.395 e. The minimum absolute atomic E-state index is 0.126. The van der Waals surface area contributed by atoms with Gasteiger partial charge in [0.1, 0.15) is 5.52 Å². The van der Waals surface area contributed by atoms with Crippen LogP contribution in [0.15, 0.2) is 17.6 Å². The highest BCUT2D eigenvalue weighted by atomic mass is 32.1. The number of aliphatic hydroxyl groups excluding tert-OH is 1. The molecule has 0 radical (unpaired) electrons. The van der Waals surface area contributed by atoms with Crippen molar-refractivity contribution in [3.63, 3.8) is 0 Å². The molecule has 3 N–H and O–H groups in total. The number of nitrogens with zero attached hydrogens (tertiary/aromatic N) is 2. The molecule has 0 spiro atoms. The molecule has 3 unspecified atom stereocenters. The van der Waals surface area contributed by atoms with Crippen LogP contribution in [0.5, 0.6) is 0 Å². The van der Waals surface area contributed by atoms with Crippen molar-refractivity contribution in [1.82, 2.24) is 4.98 Å². The highest BCUT2D eigenvalue weighted by Crippen LogP contribution is 2.42. The zero-order chi connectivity index (χ0) is 13.0. The Morgan fingerprint density at radius 1 is 1.32 bits per heavy atom. The number of aromatic nitrogens is 1. The van der Waals surface area contributed by atoms with Gasteiger partial charge in [0.05, 0.1) is 27.7 Å². The van der Waals surface area contributed by atoms with Gasteiger partial charge in [-0.05, 0) is 30.9 Å². The lowest BCUT2D eigenvalue weighted by atomic mass is 10.00. The molecule has 2 heterocycles. The fourth-order valence-corrected chi connectivity index (χ4v) is 4.34. The molecular weight excluding hydrogens is 258 g/mol. The molecule has 19 heavy (non-hydrogen) atoms. The molecule has 0 amide bonds. The molecule has 1 aliphatic heterocycles. The number of aliphatic hydroxyl groups is 1. The lowest BCUT2D eigenvalue weighted by Crippen LogP contribution is -2.25. The maximum Gasteiger partial charge on any atom is 0.106 e. The second-order valence-electron chi connectivity index (χ2n) is 5.67. The molecule has 1 saturated heterocycles. The number of benzene rings is 1. The minimum atomic E-state index is -0.126. The summed E-state index contributed by atoms with van der Waals surface area (Å²) in [5.41, 5.74) is 10.9. The molecule has 2 aromatic rings. The van der Waals surface area contributed by atoms with E-state index in [1.165, 1.54) is 0 Å². The summed E-state index contributed by atoms with van der Waals surface area (Å²) < 4.78 is 1.14. The van der Waals surface area contributed by atoms with Crippen molar-refractivity contribution in [2.45, 2.75) is 18.9 Å². The fourth-order valence-electron chi connectivity index (χ4n) is 3.65. The fraction of sp³-hybridized carbons (Fsp3) is 0.500. The van der Waals surface area contributed by atoms with Crippen LogP contribution in [-0.2, 0) is 0 Å². The van der Waals surface area contributed by atoms with E-state index in [0.29, 0.717) is 11.8 Å². The Bertz CT molecular complexity index is 626. The van der Waals surface area contributed by atoms with E-state index in [1.54, 1.807) is 11.3 Å². The zero-order valence-electron chi connectivity index (χ0n) is 10.6. The molecule has 3 atom stereocenters. The van der Waals surface area contributed by atoms with E-state index in [1.807, 2.05) is 5.51 Å². The third kappa shape index (κ3) is 1.65. The molecular formula is C14H17N3OS. The summed E-state index contributed by atoms with van der Waals surface area (Å²) in [6.45, 7) is 1.94. The number of hydrogen-bond donors (Lipinski definition) is 2. The average Bonchev–Trinajstić information content (AvgIpc) is 3.07. The first kappa shape index (κ1) is 11.5. The van der Waals surface area contributed by atoms with Gasteiger partial charge in [-0.2, -0.15) is 0 Å². The summed E-state index contributed by atoms with van der Waals surface area (Å²) in [7, 11) is 0. The van der Waals surface area contributed by atoms with Gasteiger partial charge in [-0.1, -0.05) is 0 Å². The smallest absolute Gasteiger partial charge is 0.106 e. The molecule has 1 aliphatic carbocycles. The second-order valence-corrected chi connectivity index (χ2v) is 6.56. The molecule has 5 heteroatoms. The number of nitrogen functional groups attached to an aromatic ring is 1.